The van der Waals surface area contributed by atoms with E-state index in [2.05, 4.69) is 26.3 Å². The van der Waals surface area contributed by atoms with E-state index in [1.807, 2.05) is 18.2 Å². The third kappa shape index (κ3) is 3.62. The molecule has 0 saturated carbocycles. The van der Waals surface area contributed by atoms with Gasteiger partial charge in [-0.3, -0.25) is 19.5 Å². The molecule has 5 rings (SSSR count). The van der Waals surface area contributed by atoms with E-state index >= 15 is 4.39 Å². The Morgan fingerprint density at radius 2 is 2.03 bits per heavy atom. The third-order valence-corrected chi connectivity index (χ3v) is 6.56. The molecule has 32 heavy (non-hydrogen) atoms. The maximum atomic E-state index is 15.3. The molecule has 3 heterocycles. The lowest BCUT2D eigenvalue weighted by Crippen LogP contribution is -2.28. The summed E-state index contributed by atoms with van der Waals surface area (Å²) < 4.78 is 15.3. The van der Waals surface area contributed by atoms with Gasteiger partial charge in [0, 0.05) is 49.4 Å². The molecule has 0 atom stereocenters. The summed E-state index contributed by atoms with van der Waals surface area (Å²) in [6.07, 6.45) is 7.25. The monoisotopic (exact) mass is 432 g/mol. The normalized spacial score (nSPS) is 16.1. The van der Waals surface area contributed by atoms with Crippen molar-refractivity contribution in [1.29, 1.82) is 0 Å². The second kappa shape index (κ2) is 8.31. The zero-order chi connectivity index (χ0) is 22.2. The lowest BCUT2D eigenvalue weighted by molar-refractivity contribution is 0.0958. The molecule has 0 bridgehead atoms. The molecule has 3 aromatic rings. The first kappa shape index (κ1) is 20.6. The van der Waals surface area contributed by atoms with Crippen molar-refractivity contribution in [3.05, 3.63) is 80.7 Å². The van der Waals surface area contributed by atoms with E-state index in [0.717, 1.165) is 54.3 Å². The first-order chi connectivity index (χ1) is 15.5. The maximum absolute atomic E-state index is 15.3. The number of aryl methyl sites for hydroxylation is 1. The molecule has 7 heteroatoms. The SMILES string of the molecule is CNC(=O)c1ccc(C2=CCN(Cc3ccc4c5c(c(=O)[nH]c4c3F)CCC5)CC2)cn1. The highest BCUT2D eigenvalue weighted by atomic mass is 19.1. The van der Waals surface area contributed by atoms with Crippen LogP contribution in [0.3, 0.4) is 0 Å². The Balaban J connectivity index is 1.33. The van der Waals surface area contributed by atoms with Gasteiger partial charge >= 0.3 is 0 Å². The molecule has 6 nitrogen and oxygen atoms in total. The standard InChI is InChI=1S/C25H25FN4O2/c1-27-25(32)21-8-6-16(13-28-21)15-9-11-30(12-10-15)14-17-5-7-19-18-3-2-4-20(18)24(31)29-23(19)22(17)26/h5-9,13H,2-4,10-12,14H2,1H3,(H,27,32)(H,29,31). The predicted octanol–water partition coefficient (Wildman–Crippen LogP) is 3.20. The van der Waals surface area contributed by atoms with E-state index in [4.69, 9.17) is 0 Å². The molecule has 1 aromatic carbocycles. The zero-order valence-corrected chi connectivity index (χ0v) is 18.0. The number of fused-ring (bicyclic) bond motifs is 3. The van der Waals surface area contributed by atoms with Gasteiger partial charge in [-0.1, -0.05) is 24.3 Å². The van der Waals surface area contributed by atoms with Gasteiger partial charge in [0.05, 0.1) is 5.52 Å². The van der Waals surface area contributed by atoms with Gasteiger partial charge in [0.1, 0.15) is 5.69 Å². The van der Waals surface area contributed by atoms with Crippen LogP contribution >= 0.6 is 0 Å². The molecule has 2 aliphatic rings. The van der Waals surface area contributed by atoms with E-state index in [0.29, 0.717) is 29.9 Å². The number of carbonyl (C=O) groups excluding carboxylic acids is 1. The van der Waals surface area contributed by atoms with E-state index in [1.54, 1.807) is 19.3 Å². The van der Waals surface area contributed by atoms with Crippen molar-refractivity contribution < 1.29 is 9.18 Å². The minimum atomic E-state index is -0.321. The third-order valence-electron chi connectivity index (χ3n) is 6.56. The summed E-state index contributed by atoms with van der Waals surface area (Å²) in [5.74, 6) is -0.526. The van der Waals surface area contributed by atoms with Gasteiger partial charge in [-0.15, -0.1) is 0 Å². The Bertz CT molecular complexity index is 1290. The summed E-state index contributed by atoms with van der Waals surface area (Å²) in [4.78, 5) is 33.2. The summed E-state index contributed by atoms with van der Waals surface area (Å²) in [6, 6.07) is 7.45. The van der Waals surface area contributed by atoms with Crippen LogP contribution in [0.5, 0.6) is 0 Å². The first-order valence-electron chi connectivity index (χ1n) is 11.0. The van der Waals surface area contributed by atoms with Crippen LogP contribution in [0.25, 0.3) is 16.5 Å². The average Bonchev–Trinajstić information content (AvgIpc) is 3.32. The van der Waals surface area contributed by atoms with Gasteiger partial charge < -0.3 is 10.3 Å². The number of rotatable bonds is 4. The number of aromatic amines is 1. The molecule has 0 fully saturated rings. The maximum Gasteiger partial charge on any atom is 0.269 e. The Morgan fingerprint density at radius 1 is 1.19 bits per heavy atom. The van der Waals surface area contributed by atoms with Gasteiger partial charge in [-0.25, -0.2) is 4.39 Å². The molecule has 1 amide bonds. The van der Waals surface area contributed by atoms with Crippen LogP contribution in [0.4, 0.5) is 4.39 Å². The van der Waals surface area contributed by atoms with Crippen LogP contribution in [-0.4, -0.2) is 40.9 Å². The van der Waals surface area contributed by atoms with Gasteiger partial charge in [0.25, 0.3) is 11.5 Å². The summed E-state index contributed by atoms with van der Waals surface area (Å²) >= 11 is 0. The van der Waals surface area contributed by atoms with E-state index in [1.165, 1.54) is 5.57 Å². The molecular formula is C25H25FN4O2. The second-order valence-electron chi connectivity index (χ2n) is 8.45. The van der Waals surface area contributed by atoms with E-state index < -0.39 is 0 Å². The highest BCUT2D eigenvalue weighted by molar-refractivity contribution is 5.92. The van der Waals surface area contributed by atoms with Crippen LogP contribution in [0.1, 0.15) is 45.6 Å². The Kier molecular flexibility index (Phi) is 5.35. The van der Waals surface area contributed by atoms with Crippen molar-refractivity contribution in [1.82, 2.24) is 20.2 Å². The quantitative estimate of drug-likeness (QED) is 0.664. The molecule has 0 saturated heterocycles. The number of nitrogens with zero attached hydrogens (tertiary/aromatic N) is 2. The molecule has 2 N–H and O–H groups in total. The fraction of sp³-hybridized carbons (Fsp3) is 0.320. The molecule has 164 valence electrons. The number of halogens is 1. The number of benzene rings is 1. The predicted molar refractivity (Wildman–Crippen MR) is 122 cm³/mol. The van der Waals surface area contributed by atoms with Crippen LogP contribution in [0, 0.1) is 5.82 Å². The summed E-state index contributed by atoms with van der Waals surface area (Å²) in [5, 5.41) is 3.41. The smallest absolute Gasteiger partial charge is 0.269 e. The van der Waals surface area contributed by atoms with Crippen LogP contribution < -0.4 is 10.9 Å². The fourth-order valence-corrected chi connectivity index (χ4v) is 4.80. The molecule has 2 aromatic heterocycles. The number of aromatic nitrogens is 2. The lowest BCUT2D eigenvalue weighted by Gasteiger charge is -2.26. The number of H-pyrrole nitrogens is 1. The average molecular weight is 432 g/mol. The highest BCUT2D eigenvalue weighted by Crippen LogP contribution is 2.30. The van der Waals surface area contributed by atoms with Gasteiger partial charge in [-0.05, 0) is 48.4 Å². The number of nitrogens with one attached hydrogen (secondary N) is 2. The van der Waals surface area contributed by atoms with Crippen LogP contribution in [-0.2, 0) is 19.4 Å². The number of amides is 1. The molecular weight excluding hydrogens is 407 g/mol. The largest absolute Gasteiger partial charge is 0.354 e. The summed E-state index contributed by atoms with van der Waals surface area (Å²) in [7, 11) is 1.58. The van der Waals surface area contributed by atoms with E-state index in [9.17, 15) is 9.59 Å². The van der Waals surface area contributed by atoms with Gasteiger partial charge in [-0.2, -0.15) is 0 Å². The Hall–Kier alpha value is -3.32. The summed E-state index contributed by atoms with van der Waals surface area (Å²) in [6.45, 7) is 1.98. The van der Waals surface area contributed by atoms with Crippen molar-refractivity contribution in [3.63, 3.8) is 0 Å². The van der Waals surface area contributed by atoms with Crippen molar-refractivity contribution in [3.8, 4) is 0 Å². The zero-order valence-electron chi connectivity index (χ0n) is 18.0. The number of hydrogen-bond donors (Lipinski definition) is 2. The van der Waals surface area contributed by atoms with Gasteiger partial charge in [0.15, 0.2) is 5.82 Å². The summed E-state index contributed by atoms with van der Waals surface area (Å²) in [5.41, 5.74) is 5.18. The minimum Gasteiger partial charge on any atom is -0.354 e. The molecule has 0 unspecified atom stereocenters. The number of pyridine rings is 2. The van der Waals surface area contributed by atoms with Crippen molar-refractivity contribution in [2.24, 2.45) is 0 Å². The van der Waals surface area contributed by atoms with Crippen molar-refractivity contribution in [2.45, 2.75) is 32.2 Å². The van der Waals surface area contributed by atoms with Gasteiger partial charge in [0.2, 0.25) is 0 Å². The topological polar surface area (TPSA) is 78.1 Å². The van der Waals surface area contributed by atoms with Crippen molar-refractivity contribution in [2.75, 3.05) is 20.1 Å². The number of carbonyl (C=O) groups is 1. The Morgan fingerprint density at radius 3 is 2.75 bits per heavy atom. The molecule has 0 radical (unpaired) electrons. The number of hydrogen-bond acceptors (Lipinski definition) is 4. The van der Waals surface area contributed by atoms with Crippen LogP contribution in [0.2, 0.25) is 0 Å². The van der Waals surface area contributed by atoms with Crippen LogP contribution in [0.15, 0.2) is 41.3 Å². The molecule has 1 aliphatic heterocycles. The minimum absolute atomic E-state index is 0.150. The highest BCUT2D eigenvalue weighted by Gasteiger charge is 2.22. The Labute approximate surface area is 185 Å². The first-order valence-corrected chi connectivity index (χ1v) is 11.0. The lowest BCUT2D eigenvalue weighted by atomic mass is 9.99. The van der Waals surface area contributed by atoms with E-state index in [-0.39, 0.29) is 17.3 Å². The molecule has 0 spiro atoms. The van der Waals surface area contributed by atoms with Crippen molar-refractivity contribution >= 4 is 22.4 Å². The fourth-order valence-electron chi connectivity index (χ4n) is 4.80. The molecule has 1 aliphatic carbocycles. The second-order valence-corrected chi connectivity index (χ2v) is 8.45.